The fourth-order valence-corrected chi connectivity index (χ4v) is 8.60. The quantitative estimate of drug-likeness (QED) is 0.330. The van der Waals surface area contributed by atoms with Crippen LogP contribution in [0, 0.1) is 34.3 Å². The number of pyridine rings is 1. The summed E-state index contributed by atoms with van der Waals surface area (Å²) in [5, 5.41) is 21.8. The molecule has 3 saturated heterocycles. The van der Waals surface area contributed by atoms with Crippen molar-refractivity contribution in [2.75, 3.05) is 63.2 Å². The lowest BCUT2D eigenvalue weighted by molar-refractivity contribution is -0.149. The van der Waals surface area contributed by atoms with Crippen LogP contribution in [0.5, 0.6) is 0 Å². The highest BCUT2D eigenvalue weighted by Crippen LogP contribution is 2.48. The molecule has 12 heteroatoms. The van der Waals surface area contributed by atoms with Gasteiger partial charge in [-0.2, -0.15) is 5.26 Å². The molecular weight excluding hydrogens is 608 g/mol. The Morgan fingerprint density at radius 1 is 1.13 bits per heavy atom. The molecule has 1 aliphatic carbocycles. The molecule has 1 amide bonds. The second-order valence-electron chi connectivity index (χ2n) is 13.4. The van der Waals surface area contributed by atoms with E-state index in [4.69, 9.17) is 4.98 Å². The second kappa shape index (κ2) is 10.7. The normalized spacial score (nSPS) is 21.7. The Hall–Kier alpha value is -4.18. The smallest absolute Gasteiger partial charge is 0.227 e. The molecule has 4 aromatic rings. The van der Waals surface area contributed by atoms with E-state index in [2.05, 4.69) is 27.9 Å². The zero-order valence-electron chi connectivity index (χ0n) is 25.6. The number of fused-ring (bicyclic) bond motifs is 2. The fraction of sp³-hybridized carbons (Fsp3) is 0.412. The third kappa shape index (κ3) is 4.63. The van der Waals surface area contributed by atoms with Crippen molar-refractivity contribution in [3.05, 3.63) is 64.2 Å². The van der Waals surface area contributed by atoms with Crippen molar-refractivity contribution in [2.24, 2.45) is 11.3 Å². The summed E-state index contributed by atoms with van der Waals surface area (Å²) >= 11 is 1.21. The van der Waals surface area contributed by atoms with E-state index in [1.807, 2.05) is 22.9 Å². The van der Waals surface area contributed by atoms with E-state index in [1.54, 1.807) is 12.1 Å². The van der Waals surface area contributed by atoms with Gasteiger partial charge in [0.1, 0.15) is 28.0 Å². The molecule has 1 N–H and O–H groups in total. The van der Waals surface area contributed by atoms with Crippen molar-refractivity contribution >= 4 is 44.7 Å². The third-order valence-electron chi connectivity index (χ3n) is 10.1. The minimum atomic E-state index is -0.796. The van der Waals surface area contributed by atoms with Gasteiger partial charge in [-0.3, -0.25) is 4.79 Å². The largest absolute Gasteiger partial charge is 0.387 e. The lowest BCUT2D eigenvalue weighted by atomic mass is 9.72. The van der Waals surface area contributed by atoms with Crippen LogP contribution >= 0.6 is 11.3 Å². The molecule has 0 radical (unpaired) electrons. The Labute approximate surface area is 269 Å². The van der Waals surface area contributed by atoms with Gasteiger partial charge >= 0.3 is 0 Å². The molecule has 1 unspecified atom stereocenters. The lowest BCUT2D eigenvalue weighted by Gasteiger charge is -2.61. The zero-order chi connectivity index (χ0) is 31.9. The van der Waals surface area contributed by atoms with Gasteiger partial charge in [-0.05, 0) is 69.3 Å². The molecule has 9 nitrogen and oxygen atoms in total. The minimum absolute atomic E-state index is 0.0385. The molecule has 3 aliphatic heterocycles. The van der Waals surface area contributed by atoms with Gasteiger partial charge in [0.15, 0.2) is 10.9 Å². The van der Waals surface area contributed by atoms with E-state index in [0.717, 1.165) is 56.9 Å². The molecule has 2 aromatic heterocycles. The van der Waals surface area contributed by atoms with Crippen LogP contribution in [0.4, 0.5) is 25.3 Å². The predicted octanol–water partition coefficient (Wildman–Crippen LogP) is 4.86. The molecule has 236 valence electrons. The zero-order valence-corrected chi connectivity index (χ0v) is 26.4. The molecule has 2 aromatic carbocycles. The van der Waals surface area contributed by atoms with Crippen LogP contribution in [0.2, 0.25) is 0 Å². The SMILES string of the molecule is CN1CC[C@H](C(=O)N2CC3(C2)CN(c2cc(F)c4nc5c(c(N(C)c6nc(-c7ccc(F)cc7)c(C#N)s6)c4c2)CCC5O)C3)C1. The molecular formula is C34H33F2N7O2S. The van der Waals surface area contributed by atoms with Crippen molar-refractivity contribution in [1.82, 2.24) is 19.8 Å². The average molecular weight is 642 g/mol. The average Bonchev–Trinajstić information content (AvgIpc) is 3.73. The first-order valence-electron chi connectivity index (χ1n) is 15.6. The molecule has 0 saturated carbocycles. The Morgan fingerprint density at radius 2 is 1.89 bits per heavy atom. The summed E-state index contributed by atoms with van der Waals surface area (Å²) in [6.45, 7) is 4.74. The number of nitrogens with zero attached hydrogens (tertiary/aromatic N) is 7. The number of halogens is 2. The summed E-state index contributed by atoms with van der Waals surface area (Å²) in [4.78, 5) is 31.0. The number of likely N-dealkylation sites (tertiary alicyclic amines) is 2. The summed E-state index contributed by atoms with van der Waals surface area (Å²) in [6.07, 6.45) is 1.17. The molecule has 3 fully saturated rings. The van der Waals surface area contributed by atoms with E-state index in [0.29, 0.717) is 50.9 Å². The number of nitriles is 1. The summed E-state index contributed by atoms with van der Waals surface area (Å²) in [5.74, 6) is -0.502. The van der Waals surface area contributed by atoms with Gasteiger partial charge in [0.2, 0.25) is 5.91 Å². The van der Waals surface area contributed by atoms with Crippen molar-refractivity contribution in [2.45, 2.75) is 25.4 Å². The minimum Gasteiger partial charge on any atom is -0.387 e. The van der Waals surface area contributed by atoms with Gasteiger partial charge in [-0.1, -0.05) is 11.3 Å². The molecule has 8 rings (SSSR count). The number of carbonyl (C=O) groups excluding carboxylic acids is 1. The van der Waals surface area contributed by atoms with Crippen molar-refractivity contribution < 1.29 is 18.7 Å². The van der Waals surface area contributed by atoms with Crippen LogP contribution in [0.15, 0.2) is 36.4 Å². The fourth-order valence-electron chi connectivity index (χ4n) is 7.74. The molecule has 1 spiro atoms. The van der Waals surface area contributed by atoms with Gasteiger partial charge in [-0.15, -0.1) is 0 Å². The highest BCUT2D eigenvalue weighted by atomic mass is 32.1. The van der Waals surface area contributed by atoms with Gasteiger partial charge in [0.05, 0.1) is 23.4 Å². The number of rotatable bonds is 5. The van der Waals surface area contributed by atoms with Crippen molar-refractivity contribution in [3.8, 4) is 17.3 Å². The number of hydrogen-bond acceptors (Lipinski definition) is 9. The predicted molar refractivity (Wildman–Crippen MR) is 172 cm³/mol. The maximum atomic E-state index is 15.9. The van der Waals surface area contributed by atoms with Crippen molar-refractivity contribution in [3.63, 3.8) is 0 Å². The van der Waals surface area contributed by atoms with Crippen LogP contribution < -0.4 is 9.80 Å². The number of aliphatic hydroxyl groups excluding tert-OH is 1. The van der Waals surface area contributed by atoms with Gasteiger partial charge in [-0.25, -0.2) is 18.7 Å². The van der Waals surface area contributed by atoms with E-state index in [1.165, 1.54) is 29.5 Å². The molecule has 2 atom stereocenters. The Morgan fingerprint density at radius 3 is 2.59 bits per heavy atom. The maximum Gasteiger partial charge on any atom is 0.227 e. The highest BCUT2D eigenvalue weighted by molar-refractivity contribution is 7.16. The van der Waals surface area contributed by atoms with Crippen LogP contribution in [-0.2, 0) is 11.2 Å². The number of aromatic nitrogens is 2. The Kier molecular flexibility index (Phi) is 6.79. The van der Waals surface area contributed by atoms with Crippen LogP contribution in [0.25, 0.3) is 22.2 Å². The Bertz CT molecular complexity index is 1930. The van der Waals surface area contributed by atoms with E-state index in [-0.39, 0.29) is 28.6 Å². The van der Waals surface area contributed by atoms with E-state index < -0.39 is 11.9 Å². The number of amides is 1. The topological polar surface area (TPSA) is 99.8 Å². The standard InChI is InChI=1S/C34H33F2N7O2S/c1-40-10-9-20(14-40)32(45)43-17-34(18-43)15-42(16-34)22-11-24-29(25(36)12-22)38-30-23(7-8-26(30)44)31(24)41(2)33-39-28(27(13-37)46-33)19-3-5-21(35)6-4-19/h3-6,11-12,20,26,44H,7-10,14-18H2,1-2H3/t20-,26?/m0/s1. The lowest BCUT2D eigenvalue weighted by Crippen LogP contribution is -2.73. The number of thiazole rings is 1. The van der Waals surface area contributed by atoms with Gasteiger partial charge in [0.25, 0.3) is 0 Å². The summed E-state index contributed by atoms with van der Waals surface area (Å²) in [6, 6.07) is 11.6. The first-order valence-corrected chi connectivity index (χ1v) is 16.4. The Balaban J connectivity index is 1.11. The first-order chi connectivity index (χ1) is 22.1. The second-order valence-corrected chi connectivity index (χ2v) is 14.3. The highest BCUT2D eigenvalue weighted by Gasteiger charge is 2.54. The van der Waals surface area contributed by atoms with Crippen molar-refractivity contribution in [1.29, 1.82) is 5.26 Å². The number of benzene rings is 2. The summed E-state index contributed by atoms with van der Waals surface area (Å²) < 4.78 is 29.5. The number of carbonyl (C=O) groups is 1. The first kappa shape index (κ1) is 29.2. The summed E-state index contributed by atoms with van der Waals surface area (Å²) in [5.41, 5.74) is 4.05. The summed E-state index contributed by atoms with van der Waals surface area (Å²) in [7, 11) is 3.89. The monoisotopic (exact) mass is 641 g/mol. The van der Waals surface area contributed by atoms with Crippen LogP contribution in [-0.4, -0.2) is 84.1 Å². The molecule has 46 heavy (non-hydrogen) atoms. The van der Waals surface area contributed by atoms with Crippen LogP contribution in [0.3, 0.4) is 0 Å². The number of anilines is 3. The van der Waals surface area contributed by atoms with Crippen LogP contribution in [0.1, 0.15) is 35.1 Å². The van der Waals surface area contributed by atoms with Gasteiger partial charge < -0.3 is 24.7 Å². The number of hydrogen-bond donors (Lipinski definition) is 1. The molecule has 4 aliphatic rings. The molecule has 5 heterocycles. The van der Waals surface area contributed by atoms with E-state index in [9.17, 15) is 19.6 Å². The maximum absolute atomic E-state index is 15.9. The van der Waals surface area contributed by atoms with Gasteiger partial charge in [0, 0.05) is 67.4 Å². The number of aliphatic hydroxyl groups is 1. The molecule has 0 bridgehead atoms. The van der Waals surface area contributed by atoms with E-state index >= 15 is 4.39 Å². The third-order valence-corrected chi connectivity index (χ3v) is 11.1.